The number of para-hydroxylation sites is 2. The summed E-state index contributed by atoms with van der Waals surface area (Å²) in [5.74, 6) is 4.06. The molecule has 0 fully saturated rings. The van der Waals surface area contributed by atoms with Crippen LogP contribution in [0.2, 0.25) is 0 Å². The summed E-state index contributed by atoms with van der Waals surface area (Å²) < 4.78 is 17.6. The molecule has 3 heterocycles. The first-order chi connectivity index (χ1) is 50.3. The molecule has 9 unspecified atom stereocenters. The van der Waals surface area contributed by atoms with Crippen LogP contribution in [0.1, 0.15) is 17.0 Å². The molecule has 3 aliphatic heterocycles. The summed E-state index contributed by atoms with van der Waals surface area (Å²) in [7, 11) is 1.61. The molecule has 9 atom stereocenters. The Hall–Kier alpha value is -10.2. The van der Waals surface area contributed by atoms with Gasteiger partial charge in [-0.2, -0.15) is 0 Å². The van der Waals surface area contributed by atoms with Crippen LogP contribution in [0.25, 0.3) is 0 Å². The second-order valence-corrected chi connectivity index (χ2v) is 34.9. The molecule has 3 aliphatic carbocycles. The Morgan fingerprint density at radius 1 is 0.304 bits per heavy atom. The maximum atomic E-state index is 9.54. The van der Waals surface area contributed by atoms with Gasteiger partial charge in [0.1, 0.15) is 17.2 Å². The van der Waals surface area contributed by atoms with Crippen LogP contribution in [0.4, 0.5) is 0 Å². The first-order valence-electron chi connectivity index (χ1n) is 34.2. The number of ether oxygens (including phenoxy) is 3. The number of allylic oxidation sites excluding steroid dienone is 7. The third-order valence-corrected chi connectivity index (χ3v) is 30.0. The van der Waals surface area contributed by atoms with Crippen molar-refractivity contribution in [2.24, 2.45) is 0 Å². The highest BCUT2D eigenvalue weighted by Crippen LogP contribution is 2.49. The summed E-state index contributed by atoms with van der Waals surface area (Å²) in [6.45, 7) is 2.14. The highest BCUT2D eigenvalue weighted by Gasteiger charge is 2.50. The summed E-state index contributed by atoms with van der Waals surface area (Å²) in [6, 6.07) is 111. The van der Waals surface area contributed by atoms with Crippen LogP contribution in [0, 0.1) is 6.92 Å². The lowest BCUT2D eigenvalue weighted by Gasteiger charge is -2.30. The first-order valence-corrected chi connectivity index (χ1v) is 40.5. The quantitative estimate of drug-likeness (QED) is 0.134. The molecule has 502 valence electrons. The van der Waals surface area contributed by atoms with Crippen molar-refractivity contribution >= 4 is 54.5 Å². The molecule has 0 bridgehead atoms. The van der Waals surface area contributed by atoms with E-state index < -0.39 is 0 Å². The minimum absolute atomic E-state index is 0.0292. The summed E-state index contributed by atoms with van der Waals surface area (Å²) in [5, 5.41) is 20.3. The molecular formula is C92H79O5S5+5. The number of benzene rings is 12. The lowest BCUT2D eigenvalue weighted by molar-refractivity contribution is 0.242. The van der Waals surface area contributed by atoms with Gasteiger partial charge in [0.25, 0.3) is 0 Å². The van der Waals surface area contributed by atoms with Crippen LogP contribution in [0.15, 0.2) is 453 Å². The van der Waals surface area contributed by atoms with Gasteiger partial charge in [-0.1, -0.05) is 194 Å². The summed E-state index contributed by atoms with van der Waals surface area (Å²) >= 11 is 0. The third-order valence-electron chi connectivity index (χ3n) is 17.8. The number of phenols is 2. The zero-order valence-corrected chi connectivity index (χ0v) is 60.7. The van der Waals surface area contributed by atoms with Crippen LogP contribution in [-0.2, 0) is 54.5 Å². The highest BCUT2D eigenvalue weighted by molar-refractivity contribution is 7.99. The second kappa shape index (κ2) is 33.5. The Labute approximate surface area is 615 Å². The normalized spacial score (nSPS) is 19.9. The molecule has 0 saturated carbocycles. The molecule has 2 N–H and O–H groups in total. The number of rotatable bonds is 10. The van der Waals surface area contributed by atoms with E-state index >= 15 is 0 Å². The van der Waals surface area contributed by atoms with Crippen molar-refractivity contribution in [3.8, 4) is 28.7 Å². The molecule has 0 saturated heterocycles. The SMILES string of the molecule is C1=CC2c3ccccc3[S+](c3ccccc3)C2C=C1.COc1ccc([S+](c2ccccc2)c2ccccc2)cc1.Cc1ccc([S+]2c3ccccc3OC3C=CC=CC32)cc1.Oc1ccc([S+](c2ccccc2)c2ccccc2)cc1.Oc1ccc([S+]2c3ccccc3OC3C=CC=CC32)cc1. The molecule has 0 amide bonds. The van der Waals surface area contributed by atoms with Gasteiger partial charge in [-0.3, -0.25) is 0 Å². The number of methoxy groups -OCH3 is 1. The zero-order chi connectivity index (χ0) is 69.4. The first kappa shape index (κ1) is 68.9. The second-order valence-electron chi connectivity index (χ2n) is 24.5. The summed E-state index contributed by atoms with van der Waals surface area (Å²) in [6.07, 6.45) is 26.6. The number of hydrogen-bond acceptors (Lipinski definition) is 5. The van der Waals surface area contributed by atoms with Crippen molar-refractivity contribution in [2.45, 2.75) is 99.5 Å². The molecule has 6 aliphatic rings. The van der Waals surface area contributed by atoms with Gasteiger partial charge in [0, 0.05) is 5.56 Å². The van der Waals surface area contributed by atoms with Crippen LogP contribution in [-0.4, -0.2) is 45.3 Å². The highest BCUT2D eigenvalue weighted by atomic mass is 32.2. The van der Waals surface area contributed by atoms with Crippen molar-refractivity contribution in [1.82, 2.24) is 0 Å². The molecule has 12 aromatic carbocycles. The molecule has 102 heavy (non-hydrogen) atoms. The molecule has 0 spiro atoms. The van der Waals surface area contributed by atoms with E-state index in [1.165, 1.54) is 69.9 Å². The smallest absolute Gasteiger partial charge is 0.203 e. The molecular weight excluding hydrogens is 1350 g/mol. The van der Waals surface area contributed by atoms with E-state index in [2.05, 4.69) is 310 Å². The van der Waals surface area contributed by atoms with E-state index in [-0.39, 0.29) is 66.7 Å². The number of aromatic hydroxyl groups is 2. The summed E-state index contributed by atoms with van der Waals surface area (Å²) in [5.41, 5.74) is 2.82. The predicted molar refractivity (Wildman–Crippen MR) is 426 cm³/mol. The zero-order valence-electron chi connectivity index (χ0n) is 56.7. The maximum Gasteiger partial charge on any atom is 0.203 e. The van der Waals surface area contributed by atoms with E-state index in [9.17, 15) is 10.2 Å². The van der Waals surface area contributed by atoms with Crippen molar-refractivity contribution in [3.63, 3.8) is 0 Å². The largest absolute Gasteiger partial charge is 0.508 e. The van der Waals surface area contributed by atoms with Gasteiger partial charge in [0.15, 0.2) is 88.4 Å². The Bertz CT molecular complexity index is 4670. The van der Waals surface area contributed by atoms with Crippen molar-refractivity contribution < 1.29 is 24.4 Å². The van der Waals surface area contributed by atoms with Gasteiger partial charge < -0.3 is 24.4 Å². The maximum absolute atomic E-state index is 9.54. The minimum atomic E-state index is -0.134. The van der Waals surface area contributed by atoms with Gasteiger partial charge in [0.2, 0.25) is 9.79 Å². The number of phenolic OH excluding ortho intramolecular Hbond substituents is 2. The van der Waals surface area contributed by atoms with Crippen LogP contribution < -0.4 is 14.2 Å². The Balaban J connectivity index is 0.000000108. The molecule has 10 heteroatoms. The Morgan fingerprint density at radius 2 is 0.627 bits per heavy atom. The topological polar surface area (TPSA) is 68.2 Å². The summed E-state index contributed by atoms with van der Waals surface area (Å²) in [4.78, 5) is 15.9. The fourth-order valence-electron chi connectivity index (χ4n) is 13.0. The van der Waals surface area contributed by atoms with Crippen molar-refractivity contribution in [1.29, 1.82) is 0 Å². The lowest BCUT2D eigenvalue weighted by atomic mass is 9.93. The number of hydrogen-bond donors (Lipinski definition) is 2. The third kappa shape index (κ3) is 16.1. The molecule has 5 nitrogen and oxygen atoms in total. The predicted octanol–water partition coefficient (Wildman–Crippen LogP) is 21.6. The molecule has 0 radical (unpaired) electrons. The molecule has 12 aromatic rings. The minimum Gasteiger partial charge on any atom is -0.508 e. The monoisotopic (exact) mass is 1420 g/mol. The van der Waals surface area contributed by atoms with Gasteiger partial charge in [-0.25, -0.2) is 0 Å². The van der Waals surface area contributed by atoms with E-state index in [4.69, 9.17) is 14.2 Å². The molecule has 0 aromatic heterocycles. The fraction of sp³-hybridized carbons (Fsp3) is 0.0870. The van der Waals surface area contributed by atoms with Crippen molar-refractivity contribution in [2.75, 3.05) is 7.11 Å². The molecule has 18 rings (SSSR count). The number of aryl methyl sites for hydroxylation is 1. The van der Waals surface area contributed by atoms with Crippen molar-refractivity contribution in [3.05, 3.63) is 406 Å². The van der Waals surface area contributed by atoms with E-state index in [1.807, 2.05) is 66.7 Å². The average Bonchev–Trinajstić information content (AvgIpc) is 1.12. The van der Waals surface area contributed by atoms with Gasteiger partial charge in [-0.05, 0) is 213 Å². The Morgan fingerprint density at radius 3 is 1.08 bits per heavy atom. The van der Waals surface area contributed by atoms with Gasteiger partial charge >= 0.3 is 0 Å². The van der Waals surface area contributed by atoms with Crippen LogP contribution >= 0.6 is 0 Å². The number of fused-ring (bicyclic) bond motifs is 7. The van der Waals surface area contributed by atoms with E-state index in [0.717, 1.165) is 17.2 Å². The average molecular weight is 1420 g/mol. The van der Waals surface area contributed by atoms with Crippen LogP contribution in [0.3, 0.4) is 0 Å². The standard InChI is InChI=1S/2C19H17OS.C18H14O2S.C18H14OS.C18H15S/c1-14-10-12-15(13-11-14)21-18-8-4-2-6-16(18)20-17-7-3-5-9-19(17)21;1-20-16-12-14-19(15-13-16)21(17-8-4-2-5-9-17)18-10-6-3-7-11-18;19-13-9-11-14(12-10-13)21-17-7-3-1-5-15(17)20-16-6-2-4-8-18(16)21;19-15-11-13-18(14-12-15)20(16-7-3-1-4-8-16)17-9-5-2-6-10-17;1-2-8-14(9-3-1)19-17-12-6-4-10-15(17)16-11-5-7-13-18(16)19/h2-13,16,18H,1H3;2-15H,1H3;1-12,15,17H;1-14H;1-13,15,17H/q2*+1;;;+1/p+2. The van der Waals surface area contributed by atoms with E-state index in [1.54, 1.807) is 31.4 Å². The fourth-order valence-corrected chi connectivity index (χ4v) is 25.0. The Kier molecular flexibility index (Phi) is 22.7. The van der Waals surface area contributed by atoms with Gasteiger partial charge in [-0.15, -0.1) is 0 Å². The van der Waals surface area contributed by atoms with E-state index in [0.29, 0.717) is 33.2 Å². The lowest BCUT2D eigenvalue weighted by Crippen LogP contribution is -2.40. The van der Waals surface area contributed by atoms with Crippen LogP contribution in [0.5, 0.6) is 28.7 Å². The van der Waals surface area contributed by atoms with Gasteiger partial charge in [0.05, 0.1) is 67.5 Å².